The molecule has 0 atom stereocenters. The second kappa shape index (κ2) is 5.18. The summed E-state index contributed by atoms with van der Waals surface area (Å²) < 4.78 is 0. The van der Waals surface area contributed by atoms with Gasteiger partial charge in [-0.2, -0.15) is 0 Å². The number of hydrogen-bond donors (Lipinski definition) is 1. The lowest BCUT2D eigenvalue weighted by atomic mass is 10.1. The minimum Gasteiger partial charge on any atom is -0.324 e. The topological polar surface area (TPSA) is 43.1 Å². The fraction of sp³-hybridized carbons (Fsp3) is 0.625. The highest BCUT2D eigenvalue weighted by molar-refractivity contribution is 5.96. The van der Waals surface area contributed by atoms with E-state index in [0.29, 0.717) is 0 Å². The molecule has 10 heavy (non-hydrogen) atoms. The Balaban J connectivity index is 3.95. The smallest absolute Gasteiger partial charge is 0.172 e. The molecule has 0 rings (SSSR count). The summed E-state index contributed by atoms with van der Waals surface area (Å²) in [5, 5.41) is 0. The summed E-state index contributed by atoms with van der Waals surface area (Å²) in [5.74, 6) is 0.0735. The molecule has 0 fully saturated rings. The van der Waals surface area contributed by atoms with E-state index in [1.165, 1.54) is 0 Å². The second-order valence-electron chi connectivity index (χ2n) is 2.19. The normalized spacial score (nSPS) is 11.7. The number of Topliss-reactive ketones (excluding diaryl/α,β-unsaturated/α-hetero) is 1. The average Bonchev–Trinajstić information content (AvgIpc) is 1.99. The molecule has 0 saturated carbocycles. The van der Waals surface area contributed by atoms with Crippen molar-refractivity contribution < 1.29 is 4.79 Å². The number of carbonyl (C=O) groups is 1. The first kappa shape index (κ1) is 9.37. The standard InChI is InChI=1S/C8H15NO/c1-3-5-7(4-2)8(10)6-9/h4H,3,5-6,9H2,1-2H3/b7-4+. The highest BCUT2D eigenvalue weighted by Crippen LogP contribution is 2.04. The van der Waals surface area contributed by atoms with Crippen LogP contribution in [0.15, 0.2) is 11.6 Å². The number of hydrogen-bond acceptors (Lipinski definition) is 2. The molecule has 0 aromatic carbocycles. The van der Waals surface area contributed by atoms with Gasteiger partial charge in [-0.15, -0.1) is 0 Å². The van der Waals surface area contributed by atoms with Crippen molar-refractivity contribution in [2.75, 3.05) is 6.54 Å². The summed E-state index contributed by atoms with van der Waals surface area (Å²) in [5.41, 5.74) is 6.05. The average molecular weight is 141 g/mol. The van der Waals surface area contributed by atoms with Crippen LogP contribution in [0.25, 0.3) is 0 Å². The molecule has 2 nitrogen and oxygen atoms in total. The van der Waals surface area contributed by atoms with Crippen molar-refractivity contribution in [1.82, 2.24) is 0 Å². The first-order valence-corrected chi connectivity index (χ1v) is 3.64. The van der Waals surface area contributed by atoms with E-state index in [1.807, 2.05) is 19.9 Å². The highest BCUT2D eigenvalue weighted by atomic mass is 16.1. The van der Waals surface area contributed by atoms with Crippen LogP contribution in [-0.4, -0.2) is 12.3 Å². The van der Waals surface area contributed by atoms with Crippen molar-refractivity contribution in [3.05, 3.63) is 11.6 Å². The van der Waals surface area contributed by atoms with Crippen LogP contribution in [0, 0.1) is 0 Å². The summed E-state index contributed by atoms with van der Waals surface area (Å²) in [4.78, 5) is 10.9. The molecule has 0 aliphatic carbocycles. The molecule has 2 N–H and O–H groups in total. The maximum atomic E-state index is 10.9. The van der Waals surface area contributed by atoms with Gasteiger partial charge in [-0.3, -0.25) is 4.79 Å². The van der Waals surface area contributed by atoms with Gasteiger partial charge in [0, 0.05) is 0 Å². The number of carbonyl (C=O) groups excluding carboxylic acids is 1. The third-order valence-corrected chi connectivity index (χ3v) is 1.41. The van der Waals surface area contributed by atoms with Gasteiger partial charge in [0.25, 0.3) is 0 Å². The van der Waals surface area contributed by atoms with Crippen molar-refractivity contribution in [2.45, 2.75) is 26.7 Å². The molecular weight excluding hydrogens is 126 g/mol. The first-order valence-electron chi connectivity index (χ1n) is 3.64. The van der Waals surface area contributed by atoms with Crippen molar-refractivity contribution >= 4 is 5.78 Å². The quantitative estimate of drug-likeness (QED) is 0.599. The zero-order chi connectivity index (χ0) is 7.98. The predicted octanol–water partition coefficient (Wildman–Crippen LogP) is 1.26. The van der Waals surface area contributed by atoms with Gasteiger partial charge in [0.1, 0.15) is 0 Å². The molecule has 58 valence electrons. The van der Waals surface area contributed by atoms with E-state index in [-0.39, 0.29) is 12.3 Å². The maximum Gasteiger partial charge on any atom is 0.172 e. The van der Waals surface area contributed by atoms with Gasteiger partial charge >= 0.3 is 0 Å². The Hall–Kier alpha value is -0.630. The number of allylic oxidation sites excluding steroid dienone is 1. The van der Waals surface area contributed by atoms with Gasteiger partial charge in [0.15, 0.2) is 5.78 Å². The Morgan fingerprint density at radius 1 is 1.60 bits per heavy atom. The summed E-state index contributed by atoms with van der Waals surface area (Å²) in [6, 6.07) is 0. The molecule has 0 amide bonds. The van der Waals surface area contributed by atoms with Crippen molar-refractivity contribution in [3.8, 4) is 0 Å². The number of nitrogens with two attached hydrogens (primary N) is 1. The zero-order valence-electron chi connectivity index (χ0n) is 6.68. The molecule has 0 radical (unpaired) electrons. The molecule has 2 heteroatoms. The molecule has 0 heterocycles. The lowest BCUT2D eigenvalue weighted by Crippen LogP contribution is -2.15. The number of ketones is 1. The largest absolute Gasteiger partial charge is 0.324 e. The van der Waals surface area contributed by atoms with Crippen LogP contribution in [-0.2, 0) is 4.79 Å². The van der Waals surface area contributed by atoms with Crippen LogP contribution in [0.4, 0.5) is 0 Å². The Kier molecular flexibility index (Phi) is 4.85. The third-order valence-electron chi connectivity index (χ3n) is 1.41. The van der Waals surface area contributed by atoms with Crippen LogP contribution in [0.2, 0.25) is 0 Å². The molecule has 0 aliphatic heterocycles. The van der Waals surface area contributed by atoms with Crippen LogP contribution in [0.3, 0.4) is 0 Å². The summed E-state index contributed by atoms with van der Waals surface area (Å²) in [7, 11) is 0. The predicted molar refractivity (Wildman–Crippen MR) is 42.7 cm³/mol. The van der Waals surface area contributed by atoms with E-state index in [1.54, 1.807) is 0 Å². The van der Waals surface area contributed by atoms with Gasteiger partial charge in [-0.25, -0.2) is 0 Å². The molecule has 0 aromatic heterocycles. The summed E-state index contributed by atoms with van der Waals surface area (Å²) in [6.45, 7) is 4.06. The van der Waals surface area contributed by atoms with Crippen LogP contribution in [0.5, 0.6) is 0 Å². The van der Waals surface area contributed by atoms with E-state index in [2.05, 4.69) is 0 Å². The van der Waals surface area contributed by atoms with Gasteiger partial charge < -0.3 is 5.73 Å². The monoisotopic (exact) mass is 141 g/mol. The van der Waals surface area contributed by atoms with Crippen LogP contribution < -0.4 is 5.73 Å². The van der Waals surface area contributed by atoms with E-state index in [4.69, 9.17) is 5.73 Å². The fourth-order valence-electron chi connectivity index (χ4n) is 0.845. The Morgan fingerprint density at radius 2 is 2.20 bits per heavy atom. The van der Waals surface area contributed by atoms with Crippen LogP contribution in [0.1, 0.15) is 26.7 Å². The molecule has 0 aromatic rings. The molecule has 0 aliphatic rings. The van der Waals surface area contributed by atoms with Gasteiger partial charge in [-0.1, -0.05) is 19.4 Å². The SMILES string of the molecule is C/C=C(\CCC)C(=O)CN. The fourth-order valence-corrected chi connectivity index (χ4v) is 0.845. The van der Waals surface area contributed by atoms with E-state index < -0.39 is 0 Å². The lowest BCUT2D eigenvalue weighted by Gasteiger charge is -1.99. The summed E-state index contributed by atoms with van der Waals surface area (Å²) >= 11 is 0. The number of rotatable bonds is 4. The lowest BCUT2D eigenvalue weighted by molar-refractivity contribution is -0.114. The molecule has 0 saturated heterocycles. The highest BCUT2D eigenvalue weighted by Gasteiger charge is 2.03. The van der Waals surface area contributed by atoms with Gasteiger partial charge in [0.05, 0.1) is 6.54 Å². The van der Waals surface area contributed by atoms with E-state index in [0.717, 1.165) is 18.4 Å². The molecular formula is C8H15NO. The van der Waals surface area contributed by atoms with Gasteiger partial charge in [-0.05, 0) is 18.9 Å². The van der Waals surface area contributed by atoms with Crippen molar-refractivity contribution in [1.29, 1.82) is 0 Å². The zero-order valence-corrected chi connectivity index (χ0v) is 6.68. The first-order chi connectivity index (χ1) is 4.76. The minimum atomic E-state index is 0.0735. The Labute approximate surface area is 62.1 Å². The molecule has 0 unspecified atom stereocenters. The Morgan fingerprint density at radius 3 is 2.50 bits per heavy atom. The van der Waals surface area contributed by atoms with Crippen molar-refractivity contribution in [3.63, 3.8) is 0 Å². The maximum absolute atomic E-state index is 10.9. The second-order valence-corrected chi connectivity index (χ2v) is 2.19. The van der Waals surface area contributed by atoms with Crippen molar-refractivity contribution in [2.24, 2.45) is 5.73 Å². The summed E-state index contributed by atoms with van der Waals surface area (Å²) in [6.07, 6.45) is 3.70. The van der Waals surface area contributed by atoms with Crippen LogP contribution >= 0.6 is 0 Å². The third kappa shape index (κ3) is 2.78. The minimum absolute atomic E-state index is 0.0735. The van der Waals surface area contributed by atoms with E-state index >= 15 is 0 Å². The van der Waals surface area contributed by atoms with Gasteiger partial charge in [0.2, 0.25) is 0 Å². The molecule has 0 spiro atoms. The Bertz CT molecular complexity index is 138. The molecule has 0 bridgehead atoms. The van der Waals surface area contributed by atoms with E-state index in [9.17, 15) is 4.79 Å².